The second kappa shape index (κ2) is 6.77. The lowest BCUT2D eigenvalue weighted by molar-refractivity contribution is -0.386. The zero-order chi connectivity index (χ0) is 15.4. The van der Waals surface area contributed by atoms with Crippen LogP contribution in [0.25, 0.3) is 0 Å². The van der Waals surface area contributed by atoms with Gasteiger partial charge < -0.3 is 15.3 Å². The van der Waals surface area contributed by atoms with E-state index in [-0.39, 0.29) is 24.9 Å². The lowest BCUT2D eigenvalue weighted by Gasteiger charge is -2.27. The largest absolute Gasteiger partial charge is 0.395 e. The second-order valence-corrected chi connectivity index (χ2v) is 4.98. The van der Waals surface area contributed by atoms with Crippen LogP contribution in [0.1, 0.15) is 12.8 Å². The Morgan fingerprint density at radius 2 is 2.24 bits per heavy atom. The summed E-state index contributed by atoms with van der Waals surface area (Å²) >= 11 is 0. The minimum absolute atomic E-state index is 0.0713. The van der Waals surface area contributed by atoms with Crippen molar-refractivity contribution in [2.75, 3.05) is 31.1 Å². The standard InChI is InChI=1S/C13H17F2N3O3/c14-9-6-11(15)13(18(20)21)12(7-9)17(4-5-19)8-10-2-1-3-16-10/h6-7,10,16,19H,1-5,8H2. The zero-order valence-corrected chi connectivity index (χ0v) is 11.4. The Morgan fingerprint density at radius 3 is 2.81 bits per heavy atom. The third-order valence-corrected chi connectivity index (χ3v) is 3.50. The number of nitrogens with zero attached hydrogens (tertiary/aromatic N) is 2. The molecule has 1 atom stereocenters. The first-order chi connectivity index (χ1) is 10.0. The van der Waals surface area contributed by atoms with Crippen LogP contribution in [0, 0.1) is 21.7 Å². The van der Waals surface area contributed by atoms with Gasteiger partial charge in [0.15, 0.2) is 0 Å². The highest BCUT2D eigenvalue weighted by Gasteiger charge is 2.28. The maximum absolute atomic E-state index is 13.7. The van der Waals surface area contributed by atoms with Gasteiger partial charge in [-0.25, -0.2) is 4.39 Å². The van der Waals surface area contributed by atoms with Crippen molar-refractivity contribution in [3.05, 3.63) is 33.9 Å². The van der Waals surface area contributed by atoms with Crippen LogP contribution in [0.3, 0.4) is 0 Å². The van der Waals surface area contributed by atoms with E-state index in [1.54, 1.807) is 0 Å². The first-order valence-corrected chi connectivity index (χ1v) is 6.75. The van der Waals surface area contributed by atoms with E-state index >= 15 is 0 Å². The Labute approximate surface area is 120 Å². The van der Waals surface area contributed by atoms with Crippen LogP contribution in [0.4, 0.5) is 20.2 Å². The minimum Gasteiger partial charge on any atom is -0.395 e. The molecule has 6 nitrogen and oxygen atoms in total. The van der Waals surface area contributed by atoms with Crippen molar-refractivity contribution in [1.29, 1.82) is 0 Å². The summed E-state index contributed by atoms with van der Waals surface area (Å²) in [5, 5.41) is 23.4. The molecule has 21 heavy (non-hydrogen) atoms. The molecule has 2 rings (SSSR count). The van der Waals surface area contributed by atoms with Crippen LogP contribution in [-0.4, -0.2) is 42.3 Å². The number of hydrogen-bond acceptors (Lipinski definition) is 5. The van der Waals surface area contributed by atoms with E-state index in [4.69, 9.17) is 5.11 Å². The molecule has 1 heterocycles. The van der Waals surface area contributed by atoms with Gasteiger partial charge in [-0.05, 0) is 19.4 Å². The number of rotatable bonds is 6. The second-order valence-electron chi connectivity index (χ2n) is 4.98. The number of halogens is 2. The molecule has 0 saturated carbocycles. The Hall–Kier alpha value is -1.80. The molecule has 0 aromatic heterocycles. The van der Waals surface area contributed by atoms with E-state index in [0.717, 1.165) is 25.5 Å². The monoisotopic (exact) mass is 301 g/mol. The van der Waals surface area contributed by atoms with E-state index in [9.17, 15) is 18.9 Å². The summed E-state index contributed by atoms with van der Waals surface area (Å²) in [6.45, 7) is 1.01. The minimum atomic E-state index is -1.21. The molecule has 0 spiro atoms. The van der Waals surface area contributed by atoms with E-state index in [2.05, 4.69) is 5.32 Å². The van der Waals surface area contributed by atoms with Gasteiger partial charge in [-0.1, -0.05) is 0 Å². The Bertz CT molecular complexity index is 522. The molecule has 0 radical (unpaired) electrons. The number of nitro groups is 1. The average molecular weight is 301 g/mol. The number of aliphatic hydroxyl groups is 1. The molecule has 0 amide bonds. The van der Waals surface area contributed by atoms with Gasteiger partial charge in [0, 0.05) is 31.3 Å². The fourth-order valence-electron chi connectivity index (χ4n) is 2.58. The zero-order valence-electron chi connectivity index (χ0n) is 11.4. The fraction of sp³-hybridized carbons (Fsp3) is 0.538. The van der Waals surface area contributed by atoms with Gasteiger partial charge >= 0.3 is 5.69 Å². The van der Waals surface area contributed by atoms with Crippen LogP contribution in [0.2, 0.25) is 0 Å². The summed E-state index contributed by atoms with van der Waals surface area (Å²) in [5.74, 6) is -2.09. The summed E-state index contributed by atoms with van der Waals surface area (Å²) < 4.78 is 27.1. The van der Waals surface area contributed by atoms with E-state index < -0.39 is 22.2 Å². The first kappa shape index (κ1) is 15.6. The topological polar surface area (TPSA) is 78.6 Å². The highest BCUT2D eigenvalue weighted by molar-refractivity contribution is 5.64. The van der Waals surface area contributed by atoms with Crippen molar-refractivity contribution >= 4 is 11.4 Å². The van der Waals surface area contributed by atoms with Gasteiger partial charge in [0.1, 0.15) is 11.5 Å². The summed E-state index contributed by atoms with van der Waals surface area (Å²) in [6.07, 6.45) is 1.87. The molecule has 1 aromatic rings. The lowest BCUT2D eigenvalue weighted by atomic mass is 10.1. The quantitative estimate of drug-likeness (QED) is 0.614. The van der Waals surface area contributed by atoms with Gasteiger partial charge in [0.2, 0.25) is 5.82 Å². The van der Waals surface area contributed by atoms with Crippen molar-refractivity contribution < 1.29 is 18.8 Å². The fourth-order valence-corrected chi connectivity index (χ4v) is 2.58. The first-order valence-electron chi connectivity index (χ1n) is 6.75. The number of anilines is 1. The van der Waals surface area contributed by atoms with Crippen LogP contribution < -0.4 is 10.2 Å². The maximum atomic E-state index is 13.7. The van der Waals surface area contributed by atoms with Gasteiger partial charge in [0.25, 0.3) is 0 Å². The SMILES string of the molecule is O=[N+]([O-])c1c(F)cc(F)cc1N(CCO)CC1CCCN1. The molecule has 8 heteroatoms. The summed E-state index contributed by atoms with van der Waals surface area (Å²) in [4.78, 5) is 11.6. The third kappa shape index (κ3) is 3.64. The average Bonchev–Trinajstić information content (AvgIpc) is 2.89. The van der Waals surface area contributed by atoms with E-state index in [1.165, 1.54) is 4.90 Å². The van der Waals surface area contributed by atoms with Crippen molar-refractivity contribution in [2.45, 2.75) is 18.9 Å². The molecule has 1 aliphatic heterocycles. The smallest absolute Gasteiger partial charge is 0.328 e. The maximum Gasteiger partial charge on any atom is 0.328 e. The van der Waals surface area contributed by atoms with Crippen LogP contribution >= 0.6 is 0 Å². The molecular formula is C13H17F2N3O3. The molecule has 1 aromatic carbocycles. The molecule has 1 unspecified atom stereocenters. The molecule has 1 saturated heterocycles. The Kier molecular flexibility index (Phi) is 5.03. The predicted molar refractivity (Wildman–Crippen MR) is 73.3 cm³/mol. The van der Waals surface area contributed by atoms with Crippen molar-refractivity contribution in [3.63, 3.8) is 0 Å². The van der Waals surface area contributed by atoms with Gasteiger partial charge in [0.05, 0.1) is 11.5 Å². The summed E-state index contributed by atoms with van der Waals surface area (Å²) in [7, 11) is 0. The predicted octanol–water partition coefficient (Wildman–Crippen LogP) is 1.42. The number of aliphatic hydroxyl groups excluding tert-OH is 1. The molecule has 116 valence electrons. The van der Waals surface area contributed by atoms with Crippen LogP contribution in [0.15, 0.2) is 12.1 Å². The molecule has 1 aliphatic rings. The van der Waals surface area contributed by atoms with Gasteiger partial charge in [-0.3, -0.25) is 10.1 Å². The summed E-state index contributed by atoms with van der Waals surface area (Å²) in [5.41, 5.74) is -0.900. The normalized spacial score (nSPS) is 18.0. The van der Waals surface area contributed by atoms with Gasteiger partial charge in [-0.2, -0.15) is 4.39 Å². The van der Waals surface area contributed by atoms with E-state index in [0.29, 0.717) is 12.6 Å². The molecular weight excluding hydrogens is 284 g/mol. The molecule has 2 N–H and O–H groups in total. The Morgan fingerprint density at radius 1 is 1.48 bits per heavy atom. The highest BCUT2D eigenvalue weighted by atomic mass is 19.1. The number of benzene rings is 1. The van der Waals surface area contributed by atoms with Crippen molar-refractivity contribution in [2.24, 2.45) is 0 Å². The third-order valence-electron chi connectivity index (χ3n) is 3.50. The molecule has 1 fully saturated rings. The molecule has 0 aliphatic carbocycles. The number of nitro benzene ring substituents is 1. The van der Waals surface area contributed by atoms with Crippen LogP contribution in [-0.2, 0) is 0 Å². The van der Waals surface area contributed by atoms with Crippen LogP contribution in [0.5, 0.6) is 0 Å². The van der Waals surface area contributed by atoms with Gasteiger partial charge in [-0.15, -0.1) is 0 Å². The lowest BCUT2D eigenvalue weighted by Crippen LogP contribution is -2.39. The van der Waals surface area contributed by atoms with E-state index in [1.807, 2.05) is 0 Å². The summed E-state index contributed by atoms with van der Waals surface area (Å²) in [6, 6.07) is 1.51. The van der Waals surface area contributed by atoms with Crippen molar-refractivity contribution in [3.8, 4) is 0 Å². The van der Waals surface area contributed by atoms with Crippen molar-refractivity contribution in [1.82, 2.24) is 5.32 Å². The highest BCUT2D eigenvalue weighted by Crippen LogP contribution is 2.32. The number of nitrogens with one attached hydrogen (secondary N) is 1. The number of hydrogen-bond donors (Lipinski definition) is 2. The molecule has 0 bridgehead atoms. The Balaban J connectivity index is 2.35.